The van der Waals surface area contributed by atoms with Gasteiger partial charge in [-0.2, -0.15) is 0 Å². The van der Waals surface area contributed by atoms with Crippen LogP contribution in [0.5, 0.6) is 5.75 Å². The summed E-state index contributed by atoms with van der Waals surface area (Å²) in [7, 11) is 0. The van der Waals surface area contributed by atoms with Crippen molar-refractivity contribution < 1.29 is 24.5 Å². The lowest BCUT2D eigenvalue weighted by Crippen LogP contribution is -2.34. The quantitative estimate of drug-likeness (QED) is 0.788. The molecular formula is C16H15NO5. The molecule has 0 saturated carbocycles. The Hall–Kier alpha value is -3.02. The van der Waals surface area contributed by atoms with Crippen LogP contribution >= 0.6 is 0 Å². The van der Waals surface area contributed by atoms with E-state index in [1.807, 2.05) is 18.2 Å². The molecule has 2 aromatic carbocycles. The molecular weight excluding hydrogens is 286 g/mol. The van der Waals surface area contributed by atoms with Gasteiger partial charge in [0, 0.05) is 0 Å². The van der Waals surface area contributed by atoms with Crippen molar-refractivity contribution in [3.05, 3.63) is 65.7 Å². The van der Waals surface area contributed by atoms with E-state index in [1.54, 1.807) is 12.1 Å². The van der Waals surface area contributed by atoms with Gasteiger partial charge in [-0.1, -0.05) is 42.5 Å². The van der Waals surface area contributed by atoms with Crippen LogP contribution in [0.15, 0.2) is 54.6 Å². The van der Waals surface area contributed by atoms with Crippen LogP contribution in [-0.2, 0) is 16.1 Å². The van der Waals surface area contributed by atoms with Crippen molar-refractivity contribution in [2.24, 2.45) is 0 Å². The highest BCUT2D eigenvalue weighted by atomic mass is 16.5. The molecule has 0 heterocycles. The predicted molar refractivity (Wildman–Crippen MR) is 78.2 cm³/mol. The first-order chi connectivity index (χ1) is 10.6. The number of alkyl carbamates (subject to hydrolysis) is 1. The molecule has 0 aliphatic carbocycles. The summed E-state index contributed by atoms with van der Waals surface area (Å²) in [6.45, 7) is 0.0502. The minimum Gasteiger partial charge on any atom is -0.508 e. The van der Waals surface area contributed by atoms with Crippen LogP contribution in [0.25, 0.3) is 0 Å². The summed E-state index contributed by atoms with van der Waals surface area (Å²) in [5.74, 6) is -1.21. The van der Waals surface area contributed by atoms with Crippen molar-refractivity contribution in [1.29, 1.82) is 0 Å². The molecule has 114 valence electrons. The molecule has 2 rings (SSSR count). The number of aromatic hydroxyl groups is 1. The van der Waals surface area contributed by atoms with Crippen LogP contribution in [0.2, 0.25) is 0 Å². The zero-order chi connectivity index (χ0) is 15.9. The first kappa shape index (κ1) is 15.4. The molecule has 2 aromatic rings. The van der Waals surface area contributed by atoms with Gasteiger partial charge in [-0.25, -0.2) is 9.59 Å². The van der Waals surface area contributed by atoms with Crippen LogP contribution in [-0.4, -0.2) is 22.3 Å². The lowest BCUT2D eigenvalue weighted by atomic mass is 10.1. The third kappa shape index (κ3) is 4.24. The van der Waals surface area contributed by atoms with Gasteiger partial charge >= 0.3 is 12.1 Å². The molecule has 0 aromatic heterocycles. The number of carbonyl (C=O) groups is 2. The van der Waals surface area contributed by atoms with Crippen molar-refractivity contribution in [3.63, 3.8) is 0 Å². The van der Waals surface area contributed by atoms with Crippen LogP contribution in [0.3, 0.4) is 0 Å². The van der Waals surface area contributed by atoms with Gasteiger partial charge in [0.05, 0.1) is 0 Å². The number of nitrogens with one attached hydrogen (secondary N) is 1. The number of carboxylic acids is 1. The summed E-state index contributed by atoms with van der Waals surface area (Å²) in [6, 6.07) is 13.4. The summed E-state index contributed by atoms with van der Waals surface area (Å²) in [4.78, 5) is 23.0. The van der Waals surface area contributed by atoms with Crippen molar-refractivity contribution in [2.75, 3.05) is 0 Å². The number of carboxylic acid groups (broad SMARTS) is 1. The highest BCUT2D eigenvalue weighted by molar-refractivity contribution is 5.81. The van der Waals surface area contributed by atoms with Crippen LogP contribution < -0.4 is 5.32 Å². The number of aliphatic carboxylic acids is 1. The maximum absolute atomic E-state index is 11.7. The summed E-state index contributed by atoms with van der Waals surface area (Å²) in [6.07, 6.45) is -0.829. The van der Waals surface area contributed by atoms with E-state index in [2.05, 4.69) is 5.32 Å². The SMILES string of the molecule is O=C(N[C@@H](C(=O)O)c1ccc(O)cc1)OCc1ccccc1. The first-order valence-corrected chi connectivity index (χ1v) is 6.55. The van der Waals surface area contributed by atoms with Gasteiger partial charge in [0.15, 0.2) is 6.04 Å². The fourth-order valence-electron chi connectivity index (χ4n) is 1.84. The molecule has 0 aliphatic heterocycles. The second kappa shape index (κ2) is 7.12. The number of ether oxygens (including phenoxy) is 1. The van der Waals surface area contributed by atoms with Gasteiger partial charge in [-0.3, -0.25) is 0 Å². The van der Waals surface area contributed by atoms with E-state index in [9.17, 15) is 19.8 Å². The Balaban J connectivity index is 1.97. The number of amides is 1. The highest BCUT2D eigenvalue weighted by Gasteiger charge is 2.22. The van der Waals surface area contributed by atoms with Gasteiger partial charge in [-0.15, -0.1) is 0 Å². The Morgan fingerprint density at radius 1 is 1.05 bits per heavy atom. The third-order valence-electron chi connectivity index (χ3n) is 2.95. The Bertz CT molecular complexity index is 639. The average Bonchev–Trinajstić information content (AvgIpc) is 2.52. The zero-order valence-electron chi connectivity index (χ0n) is 11.6. The van der Waals surface area contributed by atoms with Crippen molar-refractivity contribution >= 4 is 12.1 Å². The molecule has 0 radical (unpaired) electrons. The summed E-state index contributed by atoms with van der Waals surface area (Å²) < 4.78 is 4.99. The fourth-order valence-corrected chi connectivity index (χ4v) is 1.84. The molecule has 0 bridgehead atoms. The van der Waals surface area contributed by atoms with Gasteiger partial charge < -0.3 is 20.3 Å². The van der Waals surface area contributed by atoms with Crippen molar-refractivity contribution in [3.8, 4) is 5.75 Å². The Morgan fingerprint density at radius 2 is 1.68 bits per heavy atom. The molecule has 0 unspecified atom stereocenters. The molecule has 0 saturated heterocycles. The van der Waals surface area contributed by atoms with Crippen LogP contribution in [0.4, 0.5) is 4.79 Å². The molecule has 3 N–H and O–H groups in total. The minimum atomic E-state index is -1.25. The highest BCUT2D eigenvalue weighted by Crippen LogP contribution is 2.17. The van der Waals surface area contributed by atoms with E-state index in [0.29, 0.717) is 5.56 Å². The standard InChI is InChI=1S/C16H15NO5/c18-13-8-6-12(7-9-13)14(15(19)20)17-16(21)22-10-11-4-2-1-3-5-11/h1-9,14,18H,10H2,(H,17,21)(H,19,20)/t14-/m1/s1. The maximum atomic E-state index is 11.7. The van der Waals surface area contributed by atoms with Crippen molar-refractivity contribution in [1.82, 2.24) is 5.32 Å². The molecule has 6 nitrogen and oxygen atoms in total. The second-order valence-electron chi connectivity index (χ2n) is 4.57. The summed E-state index contributed by atoms with van der Waals surface area (Å²) in [5.41, 5.74) is 1.14. The summed E-state index contributed by atoms with van der Waals surface area (Å²) >= 11 is 0. The largest absolute Gasteiger partial charge is 0.508 e. The van der Waals surface area contributed by atoms with Gasteiger partial charge in [0.2, 0.25) is 0 Å². The van der Waals surface area contributed by atoms with E-state index < -0.39 is 18.1 Å². The van der Waals surface area contributed by atoms with Crippen molar-refractivity contribution in [2.45, 2.75) is 12.6 Å². The van der Waals surface area contributed by atoms with E-state index in [1.165, 1.54) is 24.3 Å². The number of phenols is 1. The fraction of sp³-hybridized carbons (Fsp3) is 0.125. The van der Waals surface area contributed by atoms with E-state index in [4.69, 9.17) is 4.74 Å². The Kier molecular flexibility index (Phi) is 4.98. The molecule has 0 fully saturated rings. The van der Waals surface area contributed by atoms with E-state index in [0.717, 1.165) is 5.56 Å². The molecule has 1 atom stereocenters. The van der Waals surface area contributed by atoms with Gasteiger partial charge in [0.1, 0.15) is 12.4 Å². The number of carbonyl (C=O) groups excluding carboxylic acids is 1. The second-order valence-corrected chi connectivity index (χ2v) is 4.57. The molecule has 0 spiro atoms. The lowest BCUT2D eigenvalue weighted by molar-refractivity contribution is -0.139. The lowest BCUT2D eigenvalue weighted by Gasteiger charge is -2.15. The number of hydrogen-bond acceptors (Lipinski definition) is 4. The van der Waals surface area contributed by atoms with Gasteiger partial charge in [0.25, 0.3) is 0 Å². The topological polar surface area (TPSA) is 95.9 Å². The molecule has 1 amide bonds. The Labute approximate surface area is 127 Å². The number of phenolic OH excluding ortho intramolecular Hbond substituents is 1. The number of benzene rings is 2. The normalized spacial score (nSPS) is 11.5. The average molecular weight is 301 g/mol. The first-order valence-electron chi connectivity index (χ1n) is 6.55. The van der Waals surface area contributed by atoms with E-state index in [-0.39, 0.29) is 12.4 Å². The van der Waals surface area contributed by atoms with Crippen LogP contribution in [0.1, 0.15) is 17.2 Å². The third-order valence-corrected chi connectivity index (χ3v) is 2.95. The smallest absolute Gasteiger partial charge is 0.408 e. The van der Waals surface area contributed by atoms with E-state index >= 15 is 0 Å². The Morgan fingerprint density at radius 3 is 2.27 bits per heavy atom. The maximum Gasteiger partial charge on any atom is 0.408 e. The van der Waals surface area contributed by atoms with Gasteiger partial charge in [-0.05, 0) is 23.3 Å². The number of hydrogen-bond donors (Lipinski definition) is 3. The summed E-state index contributed by atoms with van der Waals surface area (Å²) in [5, 5.41) is 20.7. The molecule has 22 heavy (non-hydrogen) atoms. The monoisotopic (exact) mass is 301 g/mol. The molecule has 6 heteroatoms. The molecule has 0 aliphatic rings. The minimum absolute atomic E-state index is 0.0135. The zero-order valence-corrected chi connectivity index (χ0v) is 11.6. The predicted octanol–water partition coefficient (Wildman–Crippen LogP) is 2.44. The number of rotatable bonds is 5. The van der Waals surface area contributed by atoms with Crippen LogP contribution in [0, 0.1) is 0 Å².